The van der Waals surface area contributed by atoms with E-state index in [0.717, 1.165) is 10.1 Å². The van der Waals surface area contributed by atoms with Crippen LogP contribution in [0, 0.1) is 0 Å². The lowest BCUT2D eigenvalue weighted by Gasteiger charge is -2.07. The minimum Gasteiger partial charge on any atom is -0.307 e. The van der Waals surface area contributed by atoms with E-state index < -0.39 is 17.2 Å². The second kappa shape index (κ2) is 6.51. The summed E-state index contributed by atoms with van der Waals surface area (Å²) in [6.45, 7) is -0.138. The first-order valence-corrected chi connectivity index (χ1v) is 7.32. The van der Waals surface area contributed by atoms with Crippen molar-refractivity contribution in [2.24, 2.45) is 19.2 Å². The fourth-order valence-electron chi connectivity index (χ4n) is 2.38. The van der Waals surface area contributed by atoms with E-state index in [1.165, 1.54) is 35.8 Å². The van der Waals surface area contributed by atoms with Crippen LogP contribution in [0.3, 0.4) is 0 Å². The molecule has 0 spiro atoms. The van der Waals surface area contributed by atoms with Crippen LogP contribution in [0.15, 0.2) is 45.5 Å². The summed E-state index contributed by atoms with van der Waals surface area (Å²) < 4.78 is 3.67. The lowest BCUT2D eigenvalue weighted by atomic mass is 10.3. The van der Waals surface area contributed by atoms with E-state index >= 15 is 0 Å². The van der Waals surface area contributed by atoms with Gasteiger partial charge in [0.25, 0.3) is 11.5 Å². The largest absolute Gasteiger partial charge is 0.332 e. The van der Waals surface area contributed by atoms with E-state index in [9.17, 15) is 14.4 Å². The first-order chi connectivity index (χ1) is 12.0. The van der Waals surface area contributed by atoms with Crippen LogP contribution < -0.4 is 16.7 Å². The van der Waals surface area contributed by atoms with Crippen molar-refractivity contribution in [1.82, 2.24) is 29.1 Å². The van der Waals surface area contributed by atoms with Gasteiger partial charge in [-0.15, -0.1) is 0 Å². The number of aryl methyl sites for hydroxylation is 1. The van der Waals surface area contributed by atoms with Gasteiger partial charge in [0.2, 0.25) is 0 Å². The molecule has 10 heteroatoms. The third kappa shape index (κ3) is 3.09. The van der Waals surface area contributed by atoms with Gasteiger partial charge in [-0.25, -0.2) is 15.2 Å². The smallest absolute Gasteiger partial charge is 0.307 e. The summed E-state index contributed by atoms with van der Waals surface area (Å²) >= 11 is 0. The van der Waals surface area contributed by atoms with Crippen molar-refractivity contribution >= 4 is 23.3 Å². The number of pyridine rings is 1. The number of carbonyl (C=O) groups excluding carboxylic acids is 1. The molecule has 3 aromatic heterocycles. The number of hydrogen-bond donors (Lipinski definition) is 1. The molecule has 0 bridgehead atoms. The number of amides is 1. The Kier molecular flexibility index (Phi) is 4.25. The second-order valence-electron chi connectivity index (χ2n) is 5.33. The van der Waals surface area contributed by atoms with Crippen molar-refractivity contribution in [3.63, 3.8) is 0 Å². The molecule has 0 aromatic carbocycles. The van der Waals surface area contributed by atoms with Gasteiger partial charge in [-0.1, -0.05) is 6.07 Å². The lowest BCUT2D eigenvalue weighted by molar-refractivity contribution is -0.121. The van der Waals surface area contributed by atoms with Gasteiger partial charge in [0.05, 0.1) is 12.5 Å². The predicted octanol–water partition coefficient (Wildman–Crippen LogP) is -1.02. The van der Waals surface area contributed by atoms with Crippen LogP contribution in [0.25, 0.3) is 11.2 Å². The minimum absolute atomic E-state index is 0.122. The minimum atomic E-state index is -0.508. The highest BCUT2D eigenvalue weighted by Gasteiger charge is 2.15. The number of imidazole rings is 1. The first kappa shape index (κ1) is 16.3. The molecule has 1 N–H and O–H groups in total. The van der Waals surface area contributed by atoms with Crippen molar-refractivity contribution in [3.8, 4) is 0 Å². The standard InChI is InChI=1S/C15H15N7O3/c1-20-13-12(14(24)21(2)15(20)25)17-9-22(13)8-11(23)19-18-7-10-4-3-5-16-6-10/h3-7,9H,8H2,1-2H3,(H,19,23)/b18-7-. The van der Waals surface area contributed by atoms with Crippen molar-refractivity contribution in [2.45, 2.75) is 6.54 Å². The van der Waals surface area contributed by atoms with Gasteiger partial charge in [0, 0.05) is 32.1 Å². The van der Waals surface area contributed by atoms with Gasteiger partial charge in [0.1, 0.15) is 12.2 Å². The molecular weight excluding hydrogens is 326 g/mol. The van der Waals surface area contributed by atoms with Crippen LogP contribution in [0.4, 0.5) is 0 Å². The molecule has 0 radical (unpaired) electrons. The molecule has 0 unspecified atom stereocenters. The van der Waals surface area contributed by atoms with Gasteiger partial charge in [-0.2, -0.15) is 5.10 Å². The monoisotopic (exact) mass is 341 g/mol. The molecular formula is C15H15N7O3. The van der Waals surface area contributed by atoms with Crippen LogP contribution in [0.5, 0.6) is 0 Å². The summed E-state index contributed by atoms with van der Waals surface area (Å²) in [5, 5.41) is 3.84. The van der Waals surface area contributed by atoms with Crippen LogP contribution in [-0.2, 0) is 25.4 Å². The van der Waals surface area contributed by atoms with Gasteiger partial charge < -0.3 is 4.57 Å². The van der Waals surface area contributed by atoms with Crippen molar-refractivity contribution in [2.75, 3.05) is 0 Å². The van der Waals surface area contributed by atoms with E-state index in [2.05, 4.69) is 20.5 Å². The van der Waals surface area contributed by atoms with E-state index in [-0.39, 0.29) is 17.7 Å². The first-order valence-electron chi connectivity index (χ1n) is 7.32. The Morgan fingerprint density at radius 1 is 1.32 bits per heavy atom. The van der Waals surface area contributed by atoms with Crippen molar-refractivity contribution in [1.29, 1.82) is 0 Å². The fraction of sp³-hybridized carbons (Fsp3) is 0.200. The molecule has 0 saturated carbocycles. The Bertz CT molecular complexity index is 1080. The molecule has 3 rings (SSSR count). The molecule has 1 amide bonds. The van der Waals surface area contributed by atoms with Crippen LogP contribution in [-0.4, -0.2) is 35.8 Å². The van der Waals surface area contributed by atoms with Crippen LogP contribution in [0.1, 0.15) is 5.56 Å². The maximum absolute atomic E-state index is 12.1. The molecule has 0 fully saturated rings. The average Bonchev–Trinajstić information content (AvgIpc) is 3.02. The molecule has 0 aliphatic carbocycles. The number of carbonyl (C=O) groups is 1. The van der Waals surface area contributed by atoms with Crippen LogP contribution in [0.2, 0.25) is 0 Å². The second-order valence-corrected chi connectivity index (χ2v) is 5.33. The number of hydrazone groups is 1. The molecule has 3 aromatic rings. The summed E-state index contributed by atoms with van der Waals surface area (Å²) in [7, 11) is 2.89. The zero-order valence-corrected chi connectivity index (χ0v) is 13.6. The number of hydrogen-bond acceptors (Lipinski definition) is 6. The fourth-order valence-corrected chi connectivity index (χ4v) is 2.38. The Morgan fingerprint density at radius 3 is 2.84 bits per heavy atom. The highest BCUT2D eigenvalue weighted by Crippen LogP contribution is 2.05. The Morgan fingerprint density at radius 2 is 2.12 bits per heavy atom. The third-order valence-electron chi connectivity index (χ3n) is 3.61. The highest BCUT2D eigenvalue weighted by atomic mass is 16.2. The normalized spacial score (nSPS) is 11.3. The summed E-state index contributed by atoms with van der Waals surface area (Å²) in [6, 6.07) is 3.54. The van der Waals surface area contributed by atoms with E-state index in [1.807, 2.05) is 0 Å². The number of nitrogens with zero attached hydrogens (tertiary/aromatic N) is 6. The summed E-state index contributed by atoms with van der Waals surface area (Å²) in [6.07, 6.45) is 6.04. The number of rotatable bonds is 4. The highest BCUT2D eigenvalue weighted by molar-refractivity contribution is 5.82. The molecule has 3 heterocycles. The SMILES string of the molecule is Cn1c(=O)c2ncn(CC(=O)N/N=C\c3cccnc3)c2n(C)c1=O. The topological polar surface area (TPSA) is 116 Å². The molecule has 0 aliphatic rings. The summed E-state index contributed by atoms with van der Waals surface area (Å²) in [5.74, 6) is -0.424. The van der Waals surface area contributed by atoms with Crippen LogP contribution >= 0.6 is 0 Å². The van der Waals surface area contributed by atoms with E-state index in [0.29, 0.717) is 0 Å². The summed E-state index contributed by atoms with van der Waals surface area (Å²) in [5.41, 5.74) is 2.52. The van der Waals surface area contributed by atoms with Gasteiger partial charge >= 0.3 is 5.69 Å². The zero-order chi connectivity index (χ0) is 18.0. The maximum Gasteiger partial charge on any atom is 0.332 e. The molecule has 10 nitrogen and oxygen atoms in total. The molecule has 25 heavy (non-hydrogen) atoms. The molecule has 0 saturated heterocycles. The Labute approximate surface area is 141 Å². The van der Waals surface area contributed by atoms with Gasteiger partial charge in [0.15, 0.2) is 5.52 Å². The van der Waals surface area contributed by atoms with Gasteiger partial charge in [-0.3, -0.25) is 23.7 Å². The van der Waals surface area contributed by atoms with Crippen molar-refractivity contribution in [3.05, 3.63) is 57.3 Å². The predicted molar refractivity (Wildman–Crippen MR) is 90.2 cm³/mol. The average molecular weight is 341 g/mol. The van der Waals surface area contributed by atoms with E-state index in [4.69, 9.17) is 0 Å². The number of aromatic nitrogens is 5. The number of fused-ring (bicyclic) bond motifs is 1. The molecule has 0 atom stereocenters. The Hall–Kier alpha value is -3.56. The van der Waals surface area contributed by atoms with Gasteiger partial charge in [-0.05, 0) is 6.07 Å². The molecule has 0 aliphatic heterocycles. The lowest BCUT2D eigenvalue weighted by Crippen LogP contribution is -2.37. The third-order valence-corrected chi connectivity index (χ3v) is 3.61. The molecule has 128 valence electrons. The number of nitrogens with one attached hydrogen (secondary N) is 1. The maximum atomic E-state index is 12.1. The Balaban J connectivity index is 1.82. The summed E-state index contributed by atoms with van der Waals surface area (Å²) in [4.78, 5) is 44.1. The zero-order valence-electron chi connectivity index (χ0n) is 13.6. The van der Waals surface area contributed by atoms with Crippen molar-refractivity contribution < 1.29 is 4.79 Å². The van der Waals surface area contributed by atoms with E-state index in [1.54, 1.807) is 24.5 Å². The quantitative estimate of drug-likeness (QED) is 0.481.